The van der Waals surface area contributed by atoms with Gasteiger partial charge >= 0.3 is 6.18 Å². The zero-order valence-corrected chi connectivity index (χ0v) is 17.2. The monoisotopic (exact) mass is 445 g/mol. The first-order chi connectivity index (χ1) is 15.3. The third-order valence-electron chi connectivity index (χ3n) is 5.34. The molecule has 1 amide bonds. The van der Waals surface area contributed by atoms with Crippen LogP contribution in [0.3, 0.4) is 0 Å². The Labute approximate surface area is 182 Å². The highest BCUT2D eigenvalue weighted by molar-refractivity contribution is 5.99. The minimum atomic E-state index is -4.46. The van der Waals surface area contributed by atoms with Gasteiger partial charge in [0.25, 0.3) is 5.91 Å². The molecule has 1 aromatic heterocycles. The predicted octanol–water partition coefficient (Wildman–Crippen LogP) is 4.46. The van der Waals surface area contributed by atoms with Gasteiger partial charge in [0.2, 0.25) is 11.7 Å². The SMILES string of the molecule is NC(=O)c1cc(N2CCCCC2)ccc1NCc1nc(-c2cccc(C(F)(F)F)c2)no1. The van der Waals surface area contributed by atoms with Crippen LogP contribution in [0.5, 0.6) is 0 Å². The first kappa shape index (κ1) is 21.7. The summed E-state index contributed by atoms with van der Waals surface area (Å²) in [5, 5.41) is 6.81. The third-order valence-corrected chi connectivity index (χ3v) is 5.34. The van der Waals surface area contributed by atoms with Crippen molar-refractivity contribution >= 4 is 17.3 Å². The van der Waals surface area contributed by atoms with Crippen LogP contribution in [0.1, 0.15) is 41.1 Å². The average molecular weight is 445 g/mol. The van der Waals surface area contributed by atoms with Crippen LogP contribution < -0.4 is 16.0 Å². The molecule has 0 aliphatic carbocycles. The minimum absolute atomic E-state index is 0.0449. The molecular formula is C22H22F3N5O2. The number of carbonyl (C=O) groups excluding carboxylic acids is 1. The van der Waals surface area contributed by atoms with Gasteiger partial charge < -0.3 is 20.5 Å². The molecule has 2 aromatic carbocycles. The van der Waals surface area contributed by atoms with Crippen LogP contribution in [-0.4, -0.2) is 29.1 Å². The Morgan fingerprint density at radius 1 is 1.12 bits per heavy atom. The van der Waals surface area contributed by atoms with Crippen molar-refractivity contribution < 1.29 is 22.5 Å². The summed E-state index contributed by atoms with van der Waals surface area (Å²) in [5.74, 6) is -0.363. The Kier molecular flexibility index (Phi) is 6.02. The van der Waals surface area contributed by atoms with Crippen LogP contribution in [0.25, 0.3) is 11.4 Å². The van der Waals surface area contributed by atoms with E-state index in [-0.39, 0.29) is 23.8 Å². The van der Waals surface area contributed by atoms with Gasteiger partial charge in [0.15, 0.2) is 0 Å². The molecule has 0 atom stereocenters. The van der Waals surface area contributed by atoms with Crippen molar-refractivity contribution in [2.24, 2.45) is 5.73 Å². The summed E-state index contributed by atoms with van der Waals surface area (Å²) in [6, 6.07) is 10.2. The van der Waals surface area contributed by atoms with Crippen LogP contribution in [0.2, 0.25) is 0 Å². The maximum Gasteiger partial charge on any atom is 0.416 e. The summed E-state index contributed by atoms with van der Waals surface area (Å²) in [7, 11) is 0. The number of hydrogen-bond acceptors (Lipinski definition) is 6. The second kappa shape index (κ2) is 8.89. The lowest BCUT2D eigenvalue weighted by molar-refractivity contribution is -0.137. The number of hydrogen-bond donors (Lipinski definition) is 2. The summed E-state index contributed by atoms with van der Waals surface area (Å²) in [5.41, 5.74) is 6.76. The highest BCUT2D eigenvalue weighted by atomic mass is 19.4. The summed E-state index contributed by atoms with van der Waals surface area (Å²) in [6.07, 6.45) is -1.05. The molecule has 4 rings (SSSR count). The summed E-state index contributed by atoms with van der Waals surface area (Å²) in [4.78, 5) is 18.4. The maximum atomic E-state index is 12.9. The summed E-state index contributed by atoms with van der Waals surface area (Å²) in [6.45, 7) is 1.95. The zero-order chi connectivity index (χ0) is 22.7. The van der Waals surface area contributed by atoms with Crippen molar-refractivity contribution in [2.45, 2.75) is 32.0 Å². The molecule has 1 fully saturated rings. The fourth-order valence-corrected chi connectivity index (χ4v) is 3.69. The Bertz CT molecular complexity index is 1110. The van der Waals surface area contributed by atoms with Crippen LogP contribution in [-0.2, 0) is 12.7 Å². The van der Waals surface area contributed by atoms with Crippen molar-refractivity contribution in [1.29, 1.82) is 0 Å². The van der Waals surface area contributed by atoms with Crippen molar-refractivity contribution in [3.05, 3.63) is 59.5 Å². The average Bonchev–Trinajstić information content (AvgIpc) is 3.27. The largest absolute Gasteiger partial charge is 0.416 e. The van der Waals surface area contributed by atoms with E-state index in [0.29, 0.717) is 11.3 Å². The number of nitrogens with zero attached hydrogens (tertiary/aromatic N) is 3. The van der Waals surface area contributed by atoms with Gasteiger partial charge in [0.1, 0.15) is 0 Å². The number of nitrogens with one attached hydrogen (secondary N) is 1. The van der Waals surface area contributed by atoms with Gasteiger partial charge in [-0.25, -0.2) is 0 Å². The number of amides is 1. The van der Waals surface area contributed by atoms with Crippen molar-refractivity contribution in [2.75, 3.05) is 23.3 Å². The fraction of sp³-hybridized carbons (Fsp3) is 0.318. The molecule has 10 heteroatoms. The Morgan fingerprint density at radius 2 is 1.91 bits per heavy atom. The number of aromatic nitrogens is 2. The molecular weight excluding hydrogens is 423 g/mol. The number of primary amides is 1. The quantitative estimate of drug-likeness (QED) is 0.582. The topological polar surface area (TPSA) is 97.3 Å². The zero-order valence-electron chi connectivity index (χ0n) is 17.2. The fourth-order valence-electron chi connectivity index (χ4n) is 3.69. The van der Waals surface area contributed by atoms with E-state index in [1.54, 1.807) is 12.1 Å². The normalized spacial score (nSPS) is 14.4. The second-order valence-electron chi connectivity index (χ2n) is 7.59. The Hall–Kier alpha value is -3.56. The molecule has 1 aliphatic heterocycles. The molecule has 0 unspecified atom stereocenters. The molecule has 1 aliphatic rings. The van der Waals surface area contributed by atoms with Crippen LogP contribution in [0.4, 0.5) is 24.5 Å². The number of halogens is 3. The van der Waals surface area contributed by atoms with Crippen LogP contribution in [0, 0.1) is 0 Å². The lowest BCUT2D eigenvalue weighted by Gasteiger charge is -2.29. The van der Waals surface area contributed by atoms with Gasteiger partial charge in [0, 0.05) is 30.0 Å². The molecule has 0 saturated carbocycles. The molecule has 2 heterocycles. The highest BCUT2D eigenvalue weighted by Crippen LogP contribution is 2.31. The number of benzene rings is 2. The van der Waals surface area contributed by atoms with Crippen molar-refractivity contribution in [3.8, 4) is 11.4 Å². The van der Waals surface area contributed by atoms with Crippen molar-refractivity contribution in [1.82, 2.24) is 10.1 Å². The molecule has 3 N–H and O–H groups in total. The number of alkyl halides is 3. The Balaban J connectivity index is 1.48. The van der Waals surface area contributed by atoms with E-state index in [1.807, 2.05) is 6.07 Å². The molecule has 168 valence electrons. The first-order valence-corrected chi connectivity index (χ1v) is 10.2. The first-order valence-electron chi connectivity index (χ1n) is 10.2. The number of piperidine rings is 1. The van der Waals surface area contributed by atoms with Gasteiger partial charge in [-0.05, 0) is 49.6 Å². The van der Waals surface area contributed by atoms with Gasteiger partial charge in [-0.2, -0.15) is 18.2 Å². The molecule has 0 bridgehead atoms. The number of rotatable bonds is 6. The molecule has 32 heavy (non-hydrogen) atoms. The Morgan fingerprint density at radius 3 is 2.62 bits per heavy atom. The lowest BCUT2D eigenvalue weighted by Crippen LogP contribution is -2.29. The lowest BCUT2D eigenvalue weighted by atomic mass is 10.1. The predicted molar refractivity (Wildman–Crippen MR) is 113 cm³/mol. The van der Waals surface area contributed by atoms with Gasteiger partial charge in [-0.3, -0.25) is 4.79 Å². The van der Waals surface area contributed by atoms with E-state index < -0.39 is 17.6 Å². The van der Waals surface area contributed by atoms with Gasteiger partial charge in [-0.15, -0.1) is 0 Å². The van der Waals surface area contributed by atoms with Crippen LogP contribution >= 0.6 is 0 Å². The van der Waals surface area contributed by atoms with E-state index in [4.69, 9.17) is 10.3 Å². The maximum absolute atomic E-state index is 12.9. The highest BCUT2D eigenvalue weighted by Gasteiger charge is 2.30. The van der Waals surface area contributed by atoms with Gasteiger partial charge in [0.05, 0.1) is 17.7 Å². The van der Waals surface area contributed by atoms with E-state index >= 15 is 0 Å². The molecule has 0 spiro atoms. The molecule has 0 radical (unpaired) electrons. The second-order valence-corrected chi connectivity index (χ2v) is 7.59. The minimum Gasteiger partial charge on any atom is -0.375 e. The van der Waals surface area contributed by atoms with Gasteiger partial charge in [-0.1, -0.05) is 17.3 Å². The van der Waals surface area contributed by atoms with Crippen molar-refractivity contribution in [3.63, 3.8) is 0 Å². The smallest absolute Gasteiger partial charge is 0.375 e. The molecule has 1 saturated heterocycles. The summed E-state index contributed by atoms with van der Waals surface area (Å²) < 4.78 is 44.0. The van der Waals surface area contributed by atoms with E-state index in [0.717, 1.165) is 43.8 Å². The molecule has 3 aromatic rings. The third kappa shape index (κ3) is 4.84. The van der Waals surface area contributed by atoms with E-state index in [2.05, 4.69) is 20.4 Å². The number of nitrogens with two attached hydrogens (primary N) is 1. The molecule has 7 nitrogen and oxygen atoms in total. The van der Waals surface area contributed by atoms with Crippen LogP contribution in [0.15, 0.2) is 47.0 Å². The van der Waals surface area contributed by atoms with E-state index in [1.165, 1.54) is 18.6 Å². The summed E-state index contributed by atoms with van der Waals surface area (Å²) >= 11 is 0. The number of anilines is 2. The van der Waals surface area contributed by atoms with E-state index in [9.17, 15) is 18.0 Å². The standard InChI is InChI=1S/C22H22F3N5O2/c23-22(24,25)15-6-4-5-14(11-15)21-28-19(32-29-21)13-27-18-8-7-16(12-17(18)20(26)31)30-9-2-1-3-10-30/h4-8,11-12,27H,1-3,9-10,13H2,(H2,26,31). The number of carbonyl (C=O) groups is 1.